The summed E-state index contributed by atoms with van der Waals surface area (Å²) in [6.45, 7) is 6.85. The third kappa shape index (κ3) is 4.75. The van der Waals surface area contributed by atoms with Crippen LogP contribution in [0.25, 0.3) is 5.76 Å². The number of anilines is 1. The second-order valence-electron chi connectivity index (χ2n) is 8.20. The molecule has 0 spiro atoms. The van der Waals surface area contributed by atoms with Crippen LogP contribution in [-0.4, -0.2) is 41.5 Å². The normalized spacial score (nSPS) is 16.6. The van der Waals surface area contributed by atoms with Gasteiger partial charge in [0.15, 0.2) is 5.13 Å². The highest BCUT2D eigenvalue weighted by molar-refractivity contribution is 7.17. The molecular formula is C27H23FN2O6S. The molecule has 4 rings (SSSR count). The maximum Gasteiger partial charge on any atom is 0.350 e. The number of Topliss-reactive ketones (excluding diaryl/α,β-unsaturated/α-hetero) is 1. The molecule has 1 N–H and O–H groups in total. The lowest BCUT2D eigenvalue weighted by molar-refractivity contribution is -0.132. The van der Waals surface area contributed by atoms with Gasteiger partial charge in [-0.1, -0.05) is 36.1 Å². The average Bonchev–Trinajstić information content (AvgIpc) is 3.39. The first-order chi connectivity index (χ1) is 17.7. The van der Waals surface area contributed by atoms with Crippen LogP contribution < -0.4 is 9.64 Å². The highest BCUT2D eigenvalue weighted by atomic mass is 32.1. The molecule has 1 amide bonds. The van der Waals surface area contributed by atoms with E-state index in [-0.39, 0.29) is 22.2 Å². The van der Waals surface area contributed by atoms with Gasteiger partial charge in [-0.15, -0.1) is 0 Å². The Morgan fingerprint density at radius 2 is 1.92 bits per heavy atom. The van der Waals surface area contributed by atoms with Gasteiger partial charge in [-0.25, -0.2) is 14.2 Å². The molecule has 8 nitrogen and oxygen atoms in total. The largest absolute Gasteiger partial charge is 0.507 e. The molecule has 1 atom stereocenters. The van der Waals surface area contributed by atoms with Crippen molar-refractivity contribution in [2.75, 3.05) is 18.6 Å². The lowest BCUT2D eigenvalue weighted by Crippen LogP contribution is -2.29. The van der Waals surface area contributed by atoms with Gasteiger partial charge in [0.05, 0.1) is 24.4 Å². The summed E-state index contributed by atoms with van der Waals surface area (Å²) in [6, 6.07) is 8.94. The number of hydrogen-bond donors (Lipinski definition) is 1. The van der Waals surface area contributed by atoms with Crippen molar-refractivity contribution in [2.24, 2.45) is 0 Å². The summed E-state index contributed by atoms with van der Waals surface area (Å²) in [5.41, 5.74) is 1.49. The summed E-state index contributed by atoms with van der Waals surface area (Å²) in [4.78, 5) is 44.7. The number of nitrogens with zero attached hydrogens (tertiary/aromatic N) is 2. The summed E-state index contributed by atoms with van der Waals surface area (Å²) >= 11 is 0.878. The van der Waals surface area contributed by atoms with E-state index in [2.05, 4.69) is 11.6 Å². The number of esters is 1. The fourth-order valence-corrected chi connectivity index (χ4v) is 5.03. The van der Waals surface area contributed by atoms with E-state index in [0.717, 1.165) is 16.2 Å². The van der Waals surface area contributed by atoms with Crippen LogP contribution in [0.1, 0.15) is 38.1 Å². The zero-order valence-electron chi connectivity index (χ0n) is 20.3. The highest BCUT2D eigenvalue weighted by Gasteiger charge is 2.48. The molecular weight excluding hydrogens is 499 g/mol. The Morgan fingerprint density at radius 1 is 1.22 bits per heavy atom. The van der Waals surface area contributed by atoms with Crippen LogP contribution in [-0.2, 0) is 14.3 Å². The van der Waals surface area contributed by atoms with E-state index in [9.17, 15) is 23.9 Å². The van der Waals surface area contributed by atoms with Gasteiger partial charge in [0.25, 0.3) is 5.78 Å². The van der Waals surface area contributed by atoms with Crippen molar-refractivity contribution in [2.45, 2.75) is 19.9 Å². The zero-order valence-corrected chi connectivity index (χ0v) is 21.1. The van der Waals surface area contributed by atoms with Crippen LogP contribution >= 0.6 is 11.3 Å². The first kappa shape index (κ1) is 25.8. The van der Waals surface area contributed by atoms with E-state index in [1.54, 1.807) is 32.0 Å². The number of hydrogen-bond acceptors (Lipinski definition) is 8. The van der Waals surface area contributed by atoms with E-state index in [0.29, 0.717) is 28.1 Å². The fraction of sp³-hybridized carbons (Fsp3) is 0.185. The van der Waals surface area contributed by atoms with Gasteiger partial charge in [0, 0.05) is 5.56 Å². The Balaban J connectivity index is 1.88. The number of ether oxygens (including phenoxy) is 2. The lowest BCUT2D eigenvalue weighted by atomic mass is 9.95. The first-order valence-corrected chi connectivity index (χ1v) is 12.0. The number of thiazole rings is 1. The number of methoxy groups -OCH3 is 1. The van der Waals surface area contributed by atoms with Crippen molar-refractivity contribution in [3.8, 4) is 5.75 Å². The molecule has 2 aromatic carbocycles. The Hall–Kier alpha value is -4.31. The van der Waals surface area contributed by atoms with Gasteiger partial charge in [-0.2, -0.15) is 0 Å². The Bertz CT molecular complexity index is 1440. The topological polar surface area (TPSA) is 106 Å². The van der Waals surface area contributed by atoms with Crippen LogP contribution in [0.15, 0.2) is 60.7 Å². The third-order valence-corrected chi connectivity index (χ3v) is 6.94. The van der Waals surface area contributed by atoms with Gasteiger partial charge < -0.3 is 14.6 Å². The monoisotopic (exact) mass is 522 g/mol. The first-order valence-electron chi connectivity index (χ1n) is 11.1. The minimum Gasteiger partial charge on any atom is -0.507 e. The minimum absolute atomic E-state index is 0.00707. The minimum atomic E-state index is -1.12. The van der Waals surface area contributed by atoms with Crippen molar-refractivity contribution in [1.29, 1.82) is 0 Å². The standard InChI is InChI=1S/C27H23FN2O6S/c1-5-12-36-26(34)24-15(3)29-27(37-24)30-21(16-6-9-18(28)10-7-16)20(23(32)25(30)33)22(31)17-8-11-19(35-4)14(2)13-17/h5-11,13,21,31H,1,12H2,2-4H3/b22-20+/t21-/m1/s1. The Labute approximate surface area is 216 Å². The summed E-state index contributed by atoms with van der Waals surface area (Å²) in [6.07, 6.45) is 1.42. The molecule has 1 saturated heterocycles. The van der Waals surface area contributed by atoms with Crippen molar-refractivity contribution in [1.82, 2.24) is 4.98 Å². The number of halogens is 1. The number of aromatic nitrogens is 1. The van der Waals surface area contributed by atoms with Crippen LogP contribution in [0.2, 0.25) is 0 Å². The Kier molecular flexibility index (Phi) is 7.21. The quantitative estimate of drug-likeness (QED) is 0.155. The number of aliphatic hydroxyl groups is 1. The molecule has 2 heterocycles. The maximum atomic E-state index is 13.7. The number of ketones is 1. The molecule has 0 bridgehead atoms. The zero-order chi connectivity index (χ0) is 26.9. The molecule has 37 heavy (non-hydrogen) atoms. The van der Waals surface area contributed by atoms with Gasteiger partial charge in [-0.05, 0) is 55.3 Å². The second-order valence-corrected chi connectivity index (χ2v) is 9.18. The molecule has 1 aromatic heterocycles. The van der Waals surface area contributed by atoms with Gasteiger partial charge in [-0.3, -0.25) is 14.5 Å². The van der Waals surface area contributed by atoms with E-state index < -0.39 is 35.3 Å². The van der Waals surface area contributed by atoms with Crippen molar-refractivity contribution < 1.29 is 33.4 Å². The molecule has 0 unspecified atom stereocenters. The number of carbonyl (C=O) groups is 3. The number of aryl methyl sites for hydroxylation is 2. The molecule has 1 aliphatic rings. The number of carbonyl (C=O) groups excluding carboxylic acids is 3. The van der Waals surface area contributed by atoms with Crippen molar-refractivity contribution >= 4 is 39.9 Å². The van der Waals surface area contributed by atoms with Crippen LogP contribution in [0, 0.1) is 19.7 Å². The fourth-order valence-electron chi connectivity index (χ4n) is 4.05. The second kappa shape index (κ2) is 10.4. The number of rotatable bonds is 7. The van der Waals surface area contributed by atoms with E-state index >= 15 is 0 Å². The summed E-state index contributed by atoms with van der Waals surface area (Å²) in [5, 5.41) is 11.3. The predicted octanol–water partition coefficient (Wildman–Crippen LogP) is 4.88. The third-order valence-electron chi connectivity index (χ3n) is 5.81. The maximum absolute atomic E-state index is 13.7. The van der Waals surface area contributed by atoms with Crippen molar-refractivity contribution in [3.63, 3.8) is 0 Å². The average molecular weight is 523 g/mol. The molecule has 1 fully saturated rings. The number of aliphatic hydroxyl groups excluding tert-OH is 1. The Morgan fingerprint density at radius 3 is 2.54 bits per heavy atom. The van der Waals surface area contributed by atoms with Crippen molar-refractivity contribution in [3.05, 3.63) is 93.8 Å². The van der Waals surface area contributed by atoms with E-state index in [1.165, 1.54) is 37.5 Å². The SMILES string of the molecule is C=CCOC(=O)c1sc(N2C(=O)C(=O)/C(=C(/O)c3ccc(OC)c(C)c3)[C@H]2c2ccc(F)cc2)nc1C. The lowest BCUT2D eigenvalue weighted by Gasteiger charge is -2.23. The molecule has 1 aliphatic heterocycles. The predicted molar refractivity (Wildman–Crippen MR) is 136 cm³/mol. The summed E-state index contributed by atoms with van der Waals surface area (Å²) in [5.74, 6) is -2.86. The molecule has 0 aliphatic carbocycles. The van der Waals surface area contributed by atoms with E-state index in [4.69, 9.17) is 9.47 Å². The highest BCUT2D eigenvalue weighted by Crippen LogP contribution is 2.44. The summed E-state index contributed by atoms with van der Waals surface area (Å²) < 4.78 is 24.1. The number of benzene rings is 2. The van der Waals surface area contributed by atoms with Gasteiger partial charge in [0.2, 0.25) is 0 Å². The smallest absolute Gasteiger partial charge is 0.350 e. The molecule has 3 aromatic rings. The summed E-state index contributed by atoms with van der Waals surface area (Å²) in [7, 11) is 1.51. The van der Waals surface area contributed by atoms with Crippen LogP contribution in [0.4, 0.5) is 9.52 Å². The molecule has 10 heteroatoms. The van der Waals surface area contributed by atoms with Gasteiger partial charge in [0.1, 0.15) is 28.8 Å². The molecule has 0 saturated carbocycles. The van der Waals surface area contributed by atoms with Crippen LogP contribution in [0.3, 0.4) is 0 Å². The van der Waals surface area contributed by atoms with E-state index in [1.807, 2.05) is 0 Å². The van der Waals surface area contributed by atoms with Crippen LogP contribution in [0.5, 0.6) is 5.75 Å². The molecule has 0 radical (unpaired) electrons. The molecule has 190 valence electrons. The van der Waals surface area contributed by atoms with Gasteiger partial charge >= 0.3 is 11.9 Å². The number of amides is 1.